The molecule has 4 fully saturated rings. The van der Waals surface area contributed by atoms with Crippen molar-refractivity contribution < 1.29 is 80.9 Å². The van der Waals surface area contributed by atoms with Crippen LogP contribution in [0.5, 0.6) is 17.2 Å². The van der Waals surface area contributed by atoms with Gasteiger partial charge in [0.2, 0.25) is 0 Å². The molecular weight excluding hydrogens is 1720 g/mol. The summed E-state index contributed by atoms with van der Waals surface area (Å²) < 4.78 is 186. The van der Waals surface area contributed by atoms with Gasteiger partial charge in [0.15, 0.2) is 61.4 Å². The van der Waals surface area contributed by atoms with Gasteiger partial charge < -0.3 is 57.4 Å². The van der Waals surface area contributed by atoms with E-state index in [1.54, 1.807) is 77.7 Å². The Balaban J connectivity index is 0.000000128. The number of hydrogen-bond donors (Lipinski definition) is 1. The Bertz CT molecular complexity index is 6360. The fraction of sp³-hybridized carbons (Fsp3) is 0.277. The second-order valence-corrected chi connectivity index (χ2v) is 36.2. The van der Waals surface area contributed by atoms with Crippen molar-refractivity contribution in [2.45, 2.75) is 62.5 Å². The van der Waals surface area contributed by atoms with E-state index in [9.17, 15) is 43.2 Å². The highest BCUT2D eigenvalue weighted by atomic mass is 79.9. The van der Waals surface area contributed by atoms with Gasteiger partial charge in [-0.1, -0.05) is 35.4 Å². The molecule has 24 nitrogen and oxygen atoms in total. The lowest BCUT2D eigenvalue weighted by molar-refractivity contribution is 0.00578. The number of methoxy groups -OCH3 is 3. The van der Waals surface area contributed by atoms with Crippen LogP contribution in [0.3, 0.4) is 0 Å². The van der Waals surface area contributed by atoms with Crippen LogP contribution >= 0.6 is 49.9 Å². The van der Waals surface area contributed by atoms with Gasteiger partial charge in [-0.05, 0) is 118 Å². The Hall–Kier alpha value is -10.3. The lowest BCUT2D eigenvalue weighted by Crippen LogP contribution is -2.41. The molecule has 120 heavy (non-hydrogen) atoms. The molecule has 14 aromatic rings. The van der Waals surface area contributed by atoms with Gasteiger partial charge in [0.05, 0.1) is 98.9 Å². The maximum atomic E-state index is 14.7. The first-order valence-corrected chi connectivity index (χ1v) is 43.9. The number of morpholine rings is 3. The third-order valence-corrected chi connectivity index (χ3v) is 27.3. The molecule has 4 aliphatic heterocycles. The fourth-order valence-electron chi connectivity index (χ4n) is 13.8. The number of benzene rings is 5. The van der Waals surface area contributed by atoms with Crippen LogP contribution in [0.25, 0.3) is 89.0 Å². The number of anilines is 3. The number of H-pyrrole nitrogens is 1. The minimum absolute atomic E-state index is 0.00837. The summed E-state index contributed by atoms with van der Waals surface area (Å²) in [7, 11) is -4.59. The summed E-state index contributed by atoms with van der Waals surface area (Å²) in [4.78, 5) is 37.2. The number of rotatable bonds is 16. The van der Waals surface area contributed by atoms with Gasteiger partial charge in [0.25, 0.3) is 20.0 Å². The SMILES string of the molecule is CC1(C)OB(c2csc(N3CCOCC3)n2)OC1(C)C.COc1c(F)cc(F)cc1-c1c[nH]c2ncc(-c3csc(N4CCOCC4)n3)cc12.COc1c(F)cc(F)cc1-c1cn(S(=O)(=O)c2ccc(C)cc2)c2ncc(-c3csc(N4CCOCC4)n3)cc12.COc1c(F)cc(F)cc1-c1cn(S(=O)(=O)c2ccc(C)cc2)c2ncc(Br)cc12. The second-order valence-electron chi connectivity index (χ2n) is 29.1. The first-order valence-electron chi connectivity index (χ1n) is 37.6. The summed E-state index contributed by atoms with van der Waals surface area (Å²) in [5.41, 5.74) is 7.41. The average molecular weight is 1800 g/mol. The first-order chi connectivity index (χ1) is 57.5. The maximum absolute atomic E-state index is 14.7. The highest BCUT2D eigenvalue weighted by Crippen LogP contribution is 2.45. The van der Waals surface area contributed by atoms with Crippen LogP contribution in [0.4, 0.5) is 41.7 Å². The van der Waals surface area contributed by atoms with Crippen molar-refractivity contribution in [1.29, 1.82) is 0 Å². The van der Waals surface area contributed by atoms with Gasteiger partial charge in [-0.15, -0.1) is 34.0 Å². The molecule has 0 aliphatic carbocycles. The van der Waals surface area contributed by atoms with E-state index in [-0.39, 0.29) is 78.9 Å². The number of fused-ring (bicyclic) bond motifs is 3. The number of nitrogens with one attached hydrogen (secondary N) is 1. The predicted molar refractivity (Wildman–Crippen MR) is 456 cm³/mol. The Morgan fingerprint density at radius 2 is 0.842 bits per heavy atom. The van der Waals surface area contributed by atoms with Crippen molar-refractivity contribution in [3.05, 3.63) is 207 Å². The van der Waals surface area contributed by atoms with E-state index < -0.39 is 54.9 Å². The molecule has 13 heterocycles. The van der Waals surface area contributed by atoms with E-state index in [1.165, 1.54) is 81.6 Å². The van der Waals surface area contributed by atoms with Gasteiger partial charge in [-0.3, -0.25) is 0 Å². The molecule has 37 heteroatoms. The van der Waals surface area contributed by atoms with E-state index in [2.05, 4.69) is 83.2 Å². The van der Waals surface area contributed by atoms with Gasteiger partial charge in [-0.25, -0.2) is 81.0 Å². The molecule has 1 N–H and O–H groups in total. The molecule has 0 saturated carbocycles. The fourth-order valence-corrected chi connectivity index (χ4v) is 19.5. The minimum Gasteiger partial charge on any atom is -0.493 e. The van der Waals surface area contributed by atoms with E-state index >= 15 is 0 Å². The molecule has 9 aromatic heterocycles. The van der Waals surface area contributed by atoms with Gasteiger partial charge in [0.1, 0.15) is 23.1 Å². The standard InChI is InChI=1S/C28H24F2N4O4S2.C21H15BrF2N2O3S.C21H18F2N4O2S.C13H21BN2O3S/c1-17-3-5-20(6-4-17)40(35,36)34-15-23(21-12-19(29)13-24(30)26(21)37-2)22-11-18(14-31-27(22)34)25-16-39-28(32-25)33-7-9-38-10-8-33;1-12-3-5-15(6-4-12)30(27,28)26-11-18(17-7-13(22)10-25-21(17)26)16-8-14(23)9-19(24)20(16)29-2;1-28-19-14(7-13(22)8-17(19)23)16-10-25-20-15(16)6-12(9-24-20)18-11-30-21(26-18)27-2-4-29-5-3-27;1-12(2)13(3,4)19-14(18-12)10-9-20-11(15-10)16-5-7-17-8-6-16/h3-6,11-16H,7-10H2,1-2H3;3-11H,1-2H3;6-11H,2-5H2,1H3,(H,24,25);9H,5-8H2,1-4H3. The summed E-state index contributed by atoms with van der Waals surface area (Å²) in [5.74, 6) is -5.26. The summed E-state index contributed by atoms with van der Waals surface area (Å²) in [5, 5.41) is 10.2. The molecule has 0 bridgehead atoms. The normalized spacial score (nSPS) is 15.5. The summed E-state index contributed by atoms with van der Waals surface area (Å²) in [6.45, 7) is 21.0. The number of halogens is 7. The van der Waals surface area contributed by atoms with E-state index in [1.807, 2.05) is 36.1 Å². The lowest BCUT2D eigenvalue weighted by atomic mass is 9.86. The number of nitrogens with zero attached hydrogens (tertiary/aromatic N) is 11. The largest absolute Gasteiger partial charge is 0.515 e. The molecule has 5 aromatic carbocycles. The van der Waals surface area contributed by atoms with Crippen LogP contribution < -0.4 is 34.5 Å². The minimum atomic E-state index is -4.10. The molecule has 624 valence electrons. The van der Waals surface area contributed by atoms with Crippen LogP contribution in [0, 0.1) is 48.8 Å². The van der Waals surface area contributed by atoms with Gasteiger partial charge in [-0.2, -0.15) is 0 Å². The van der Waals surface area contributed by atoms with Crippen molar-refractivity contribution in [1.82, 2.24) is 42.8 Å². The number of aromatic nitrogens is 9. The third-order valence-electron chi connectivity index (χ3n) is 20.8. The molecule has 0 amide bonds. The van der Waals surface area contributed by atoms with Crippen molar-refractivity contribution in [2.24, 2.45) is 0 Å². The predicted octanol–water partition coefficient (Wildman–Crippen LogP) is 16.5. The van der Waals surface area contributed by atoms with E-state index in [0.717, 1.165) is 133 Å². The summed E-state index contributed by atoms with van der Waals surface area (Å²) >= 11 is 8.02. The number of hydrogen-bond acceptors (Lipinski definition) is 24. The number of ether oxygens (including phenoxy) is 6. The molecule has 0 atom stereocenters. The summed E-state index contributed by atoms with van der Waals surface area (Å²) in [6, 6.07) is 23.8. The zero-order chi connectivity index (χ0) is 84.7. The van der Waals surface area contributed by atoms with Crippen LogP contribution in [-0.2, 0) is 43.6 Å². The molecule has 4 aliphatic rings. The smallest absolute Gasteiger partial charge is 0.493 e. The molecular formula is C83H78BBrF6N12O12S5. The monoisotopic (exact) mass is 1800 g/mol. The van der Waals surface area contributed by atoms with Gasteiger partial charge >= 0.3 is 7.12 Å². The Labute approximate surface area is 707 Å². The van der Waals surface area contributed by atoms with Crippen molar-refractivity contribution in [3.8, 4) is 73.1 Å². The number of pyridine rings is 3. The lowest BCUT2D eigenvalue weighted by Gasteiger charge is -2.32. The Morgan fingerprint density at radius 3 is 1.27 bits per heavy atom. The average Bonchev–Trinajstić information content (AvgIpc) is 1.61. The zero-order valence-corrected chi connectivity index (χ0v) is 71.7. The van der Waals surface area contributed by atoms with E-state index in [4.69, 9.17) is 47.7 Å². The number of aromatic amines is 1. The number of thiazole rings is 3. The molecule has 0 spiro atoms. The van der Waals surface area contributed by atoms with Crippen molar-refractivity contribution in [2.75, 3.05) is 115 Å². The van der Waals surface area contributed by atoms with E-state index in [0.29, 0.717) is 75.8 Å². The number of aryl methyl sites for hydroxylation is 2. The molecule has 18 rings (SSSR count). The van der Waals surface area contributed by atoms with Gasteiger partial charge in [0, 0.05) is 176 Å². The summed E-state index contributed by atoms with van der Waals surface area (Å²) in [6.07, 6.45) is 9.05. The van der Waals surface area contributed by atoms with Crippen LogP contribution in [-0.4, -0.2) is 178 Å². The second kappa shape index (κ2) is 35.0. The quantitative estimate of drug-likeness (QED) is 0.0696. The molecule has 0 unspecified atom stereocenters. The van der Waals surface area contributed by atoms with Crippen LogP contribution in [0.2, 0.25) is 0 Å². The zero-order valence-electron chi connectivity index (χ0n) is 66.1. The van der Waals surface area contributed by atoms with Crippen molar-refractivity contribution in [3.63, 3.8) is 0 Å². The molecule has 0 radical (unpaired) electrons. The highest BCUT2D eigenvalue weighted by molar-refractivity contribution is 9.10. The Kier molecular flexibility index (Phi) is 24.7. The Morgan fingerprint density at radius 1 is 0.467 bits per heavy atom. The van der Waals surface area contributed by atoms with Crippen LogP contribution in [0.1, 0.15) is 38.8 Å². The first kappa shape index (κ1) is 84.7. The van der Waals surface area contributed by atoms with Crippen LogP contribution in [0.15, 0.2) is 171 Å². The molecule has 4 saturated heterocycles. The maximum Gasteiger partial charge on any atom is 0.515 e. The topological polar surface area (TPSA) is 255 Å². The highest BCUT2D eigenvalue weighted by Gasteiger charge is 2.53. The van der Waals surface area contributed by atoms with Crippen molar-refractivity contribution >= 4 is 131 Å². The third kappa shape index (κ3) is 17.4.